The number of aryl methyl sites for hydroxylation is 1. The van der Waals surface area contributed by atoms with Gasteiger partial charge in [0.2, 0.25) is 0 Å². The average Bonchev–Trinajstić information content (AvgIpc) is 3.16. The van der Waals surface area contributed by atoms with Gasteiger partial charge in [-0.3, -0.25) is 9.98 Å². The number of nitrogens with one attached hydrogen (secondary N) is 2. The molecule has 30 heavy (non-hydrogen) atoms. The highest BCUT2D eigenvalue weighted by molar-refractivity contribution is 5.61. The summed E-state index contributed by atoms with van der Waals surface area (Å²) in [6.45, 7) is 5.93. The Morgan fingerprint density at radius 2 is 1.97 bits per heavy atom. The van der Waals surface area contributed by atoms with E-state index < -0.39 is 12.2 Å². The molecule has 4 rings (SSSR count). The van der Waals surface area contributed by atoms with E-state index in [4.69, 9.17) is 4.99 Å². The Balaban J connectivity index is 1.38. The van der Waals surface area contributed by atoms with Gasteiger partial charge in [-0.05, 0) is 56.9 Å². The molecule has 3 heterocycles. The monoisotopic (exact) mass is 417 g/mol. The summed E-state index contributed by atoms with van der Waals surface area (Å²) in [5, 5.41) is 6.04. The van der Waals surface area contributed by atoms with Crippen LogP contribution in [0.1, 0.15) is 36.9 Å². The highest BCUT2D eigenvalue weighted by Gasteiger charge is 2.43. The van der Waals surface area contributed by atoms with Crippen molar-refractivity contribution in [2.45, 2.75) is 63.5 Å². The van der Waals surface area contributed by atoms with Crippen molar-refractivity contribution >= 4 is 11.5 Å². The molecule has 0 amide bonds. The predicted molar refractivity (Wildman–Crippen MR) is 111 cm³/mol. The number of aromatic nitrogens is 2. The quantitative estimate of drug-likeness (QED) is 0.790. The third kappa shape index (κ3) is 4.52. The van der Waals surface area contributed by atoms with E-state index in [1.54, 1.807) is 22.8 Å². The third-order valence-corrected chi connectivity index (χ3v) is 5.80. The van der Waals surface area contributed by atoms with E-state index in [2.05, 4.69) is 22.2 Å². The number of nitrogens with zero attached hydrogens (tertiary/aromatic N) is 3. The molecular formula is C22H26F3N5. The first-order valence-electron chi connectivity index (χ1n) is 10.2. The van der Waals surface area contributed by atoms with Crippen LogP contribution in [0.25, 0.3) is 5.70 Å². The van der Waals surface area contributed by atoms with Gasteiger partial charge in [0.1, 0.15) is 17.3 Å². The minimum Gasteiger partial charge on any atom is -0.382 e. The molecule has 0 saturated heterocycles. The minimum absolute atomic E-state index is 0.112. The van der Waals surface area contributed by atoms with Crippen molar-refractivity contribution in [1.29, 1.82) is 0 Å². The van der Waals surface area contributed by atoms with Crippen LogP contribution in [-0.4, -0.2) is 33.9 Å². The Morgan fingerprint density at radius 1 is 1.20 bits per heavy atom. The lowest BCUT2D eigenvalue weighted by molar-refractivity contribution is -0.142. The van der Waals surface area contributed by atoms with Gasteiger partial charge in [0.25, 0.3) is 0 Å². The zero-order chi connectivity index (χ0) is 21.3. The van der Waals surface area contributed by atoms with Crippen LogP contribution in [0.15, 0.2) is 48.1 Å². The molecule has 0 spiro atoms. The molecule has 2 aliphatic rings. The zero-order valence-electron chi connectivity index (χ0n) is 16.9. The summed E-state index contributed by atoms with van der Waals surface area (Å²) in [7, 11) is 0. The fourth-order valence-corrected chi connectivity index (χ4v) is 4.06. The molecule has 2 N–H and O–H groups in total. The molecule has 160 valence electrons. The molecular weight excluding hydrogens is 391 g/mol. The summed E-state index contributed by atoms with van der Waals surface area (Å²) in [5.74, 6) is 0.469. The van der Waals surface area contributed by atoms with E-state index in [-0.39, 0.29) is 12.6 Å². The second kappa shape index (κ2) is 8.16. The van der Waals surface area contributed by atoms with Gasteiger partial charge in [0, 0.05) is 29.2 Å². The third-order valence-electron chi connectivity index (χ3n) is 5.80. The Morgan fingerprint density at radius 3 is 2.63 bits per heavy atom. The second-order valence-electron chi connectivity index (χ2n) is 8.06. The van der Waals surface area contributed by atoms with Crippen LogP contribution >= 0.6 is 0 Å². The van der Waals surface area contributed by atoms with E-state index in [9.17, 15) is 13.2 Å². The number of pyridine rings is 2. The van der Waals surface area contributed by atoms with Gasteiger partial charge in [0.15, 0.2) is 0 Å². The van der Waals surface area contributed by atoms with Crippen LogP contribution in [0.2, 0.25) is 0 Å². The molecule has 1 aliphatic heterocycles. The number of rotatable bonds is 4. The average molecular weight is 417 g/mol. The predicted octanol–water partition coefficient (Wildman–Crippen LogP) is 4.02. The number of alkyl halides is 3. The van der Waals surface area contributed by atoms with Gasteiger partial charge in [-0.25, -0.2) is 0 Å². The largest absolute Gasteiger partial charge is 0.410 e. The van der Waals surface area contributed by atoms with Crippen molar-refractivity contribution in [3.8, 4) is 0 Å². The summed E-state index contributed by atoms with van der Waals surface area (Å²) in [5.41, 5.74) is 3.42. The fourth-order valence-electron chi connectivity index (χ4n) is 4.06. The molecule has 8 heteroatoms. The summed E-state index contributed by atoms with van der Waals surface area (Å²) in [6, 6.07) is 8.05. The van der Waals surface area contributed by atoms with E-state index in [1.807, 2.05) is 25.3 Å². The Kier molecular flexibility index (Phi) is 5.58. The minimum atomic E-state index is -4.28. The van der Waals surface area contributed by atoms with Crippen molar-refractivity contribution in [3.63, 3.8) is 0 Å². The van der Waals surface area contributed by atoms with Gasteiger partial charge in [0.05, 0.1) is 12.6 Å². The second-order valence-corrected chi connectivity index (χ2v) is 8.06. The lowest BCUT2D eigenvalue weighted by Crippen LogP contribution is -2.36. The lowest BCUT2D eigenvalue weighted by Gasteiger charge is -2.28. The van der Waals surface area contributed by atoms with Gasteiger partial charge < -0.3 is 15.2 Å². The highest BCUT2D eigenvalue weighted by atomic mass is 19.4. The van der Waals surface area contributed by atoms with Gasteiger partial charge in [-0.2, -0.15) is 13.2 Å². The van der Waals surface area contributed by atoms with Crippen LogP contribution in [0.3, 0.4) is 0 Å². The highest BCUT2D eigenvalue weighted by Crippen LogP contribution is 2.29. The first-order chi connectivity index (χ1) is 14.3. The van der Waals surface area contributed by atoms with Crippen LogP contribution in [-0.2, 0) is 6.54 Å². The van der Waals surface area contributed by atoms with Crippen molar-refractivity contribution in [1.82, 2.24) is 14.9 Å². The van der Waals surface area contributed by atoms with Crippen molar-refractivity contribution < 1.29 is 13.2 Å². The molecule has 2 aromatic heterocycles. The number of hydrogen-bond acceptors (Lipinski definition) is 4. The maximum Gasteiger partial charge on any atom is 0.410 e. The Bertz CT molecular complexity index is 970. The van der Waals surface area contributed by atoms with Gasteiger partial charge in [-0.15, -0.1) is 0 Å². The smallest absolute Gasteiger partial charge is 0.382 e. The molecule has 5 nitrogen and oxygen atoms in total. The zero-order valence-corrected chi connectivity index (χ0v) is 16.9. The number of fused-ring (bicyclic) bond motifs is 1. The topological polar surface area (TPSA) is 54.2 Å². The van der Waals surface area contributed by atoms with Crippen LogP contribution < -0.4 is 16.1 Å². The maximum atomic E-state index is 13.1. The summed E-state index contributed by atoms with van der Waals surface area (Å²) in [4.78, 5) is 9.09. The normalized spacial score (nSPS) is 24.3. The molecule has 2 aromatic rings. The van der Waals surface area contributed by atoms with Crippen molar-refractivity contribution in [2.24, 2.45) is 4.99 Å². The van der Waals surface area contributed by atoms with Crippen molar-refractivity contribution in [2.75, 3.05) is 5.32 Å². The molecule has 1 unspecified atom stereocenters. The summed E-state index contributed by atoms with van der Waals surface area (Å²) in [6.07, 6.45) is 1.20. The first kappa shape index (κ1) is 20.5. The Hall–Kier alpha value is -2.77. The van der Waals surface area contributed by atoms with Crippen LogP contribution in [0.5, 0.6) is 0 Å². The lowest BCUT2D eigenvalue weighted by atomic mass is 9.91. The van der Waals surface area contributed by atoms with Gasteiger partial charge in [-0.1, -0.05) is 12.6 Å². The van der Waals surface area contributed by atoms with E-state index in [1.165, 1.54) is 0 Å². The molecule has 0 aromatic carbocycles. The molecule has 1 aliphatic carbocycles. The van der Waals surface area contributed by atoms with E-state index >= 15 is 0 Å². The standard InChI is InChI=1S/C22H26F3N5/c1-14-6-7-16(12-26-14)15(2)27-17-8-10-18(11-9-17)28-20-4-3-5-21-29-19(13-30(20)21)22(23,24)25/h3-7,12,17-19,27,29H,2,8-11,13H2,1H3. The van der Waals surface area contributed by atoms with E-state index in [0.717, 1.165) is 42.6 Å². The number of anilines is 1. The van der Waals surface area contributed by atoms with Crippen LogP contribution in [0.4, 0.5) is 19.0 Å². The van der Waals surface area contributed by atoms with E-state index in [0.29, 0.717) is 17.3 Å². The van der Waals surface area contributed by atoms with Crippen LogP contribution in [0, 0.1) is 6.92 Å². The maximum absolute atomic E-state index is 13.1. The van der Waals surface area contributed by atoms with Crippen molar-refractivity contribution in [3.05, 3.63) is 59.9 Å². The molecule has 1 saturated carbocycles. The number of hydrogen-bond donors (Lipinski definition) is 2. The molecule has 1 fully saturated rings. The van der Waals surface area contributed by atoms with Gasteiger partial charge >= 0.3 is 6.18 Å². The molecule has 1 atom stereocenters. The Labute approximate surface area is 173 Å². The SMILES string of the molecule is C=C(NC1CCC(N=c2cccc3n2CC(C(F)(F)F)N3)CC1)c1ccc(C)nc1. The first-order valence-corrected chi connectivity index (χ1v) is 10.2. The summed E-state index contributed by atoms with van der Waals surface area (Å²) >= 11 is 0. The molecule has 0 bridgehead atoms. The summed E-state index contributed by atoms with van der Waals surface area (Å²) < 4.78 is 40.9. The number of halogens is 3. The molecule has 0 radical (unpaired) electrons. The fraction of sp³-hybridized carbons (Fsp3) is 0.455.